The van der Waals surface area contributed by atoms with Crippen LogP contribution in [-0.4, -0.2) is 46.5 Å². The molecular formula is C14H23N3O2S. The Hall–Kier alpha value is -1.11. The molecule has 2 rings (SSSR count). The topological polar surface area (TPSA) is 61.4 Å². The molecule has 5 nitrogen and oxygen atoms in total. The van der Waals surface area contributed by atoms with Gasteiger partial charge in [0.1, 0.15) is 0 Å². The maximum atomic E-state index is 11.9. The first-order valence-corrected chi connectivity index (χ1v) is 8.41. The molecule has 0 amide bonds. The van der Waals surface area contributed by atoms with Crippen molar-refractivity contribution in [1.29, 1.82) is 0 Å². The van der Waals surface area contributed by atoms with Crippen LogP contribution in [0.5, 0.6) is 0 Å². The van der Waals surface area contributed by atoms with Crippen molar-refractivity contribution in [2.75, 3.05) is 39.0 Å². The van der Waals surface area contributed by atoms with Crippen molar-refractivity contribution in [2.24, 2.45) is 5.92 Å². The summed E-state index contributed by atoms with van der Waals surface area (Å²) >= 11 is 0. The minimum atomic E-state index is -3.33. The minimum Gasteiger partial charge on any atom is -0.385 e. The lowest BCUT2D eigenvalue weighted by molar-refractivity contribution is 0.390. The lowest BCUT2D eigenvalue weighted by Crippen LogP contribution is -2.31. The Labute approximate surface area is 121 Å². The van der Waals surface area contributed by atoms with Crippen LogP contribution < -0.4 is 10.6 Å². The molecule has 1 saturated heterocycles. The van der Waals surface area contributed by atoms with Crippen LogP contribution in [0.1, 0.15) is 12.8 Å². The van der Waals surface area contributed by atoms with Crippen LogP contribution in [0.25, 0.3) is 0 Å². The number of benzene rings is 1. The third-order valence-electron chi connectivity index (χ3n) is 3.69. The van der Waals surface area contributed by atoms with Gasteiger partial charge in [-0.1, -0.05) is 0 Å². The van der Waals surface area contributed by atoms with Gasteiger partial charge in [-0.05, 0) is 56.1 Å². The molecule has 1 aromatic carbocycles. The van der Waals surface area contributed by atoms with Crippen LogP contribution in [-0.2, 0) is 10.0 Å². The molecule has 2 N–H and O–H groups in total. The molecule has 6 heteroatoms. The number of nitrogens with zero attached hydrogens (tertiary/aromatic N) is 1. The van der Waals surface area contributed by atoms with Crippen molar-refractivity contribution >= 4 is 15.7 Å². The normalized spacial score (nSPS) is 17.4. The highest BCUT2D eigenvalue weighted by atomic mass is 32.2. The van der Waals surface area contributed by atoms with Crippen molar-refractivity contribution < 1.29 is 8.42 Å². The second-order valence-corrected chi connectivity index (χ2v) is 7.54. The van der Waals surface area contributed by atoms with Gasteiger partial charge in [0.05, 0.1) is 4.90 Å². The number of hydrogen-bond donors (Lipinski definition) is 2. The first-order chi connectivity index (χ1) is 9.50. The monoisotopic (exact) mass is 297 g/mol. The maximum absolute atomic E-state index is 11.9. The van der Waals surface area contributed by atoms with Gasteiger partial charge in [-0.2, -0.15) is 0 Å². The second kappa shape index (κ2) is 6.56. The van der Waals surface area contributed by atoms with E-state index in [1.165, 1.54) is 17.1 Å². The SMILES string of the molecule is CN(C)S(=O)(=O)c1ccc(NCC2CCNCC2)cc1. The average Bonchev–Trinajstić information content (AvgIpc) is 2.46. The summed E-state index contributed by atoms with van der Waals surface area (Å²) in [5, 5.41) is 6.73. The molecule has 1 fully saturated rings. The summed E-state index contributed by atoms with van der Waals surface area (Å²) in [5.41, 5.74) is 0.973. The van der Waals surface area contributed by atoms with Crippen LogP contribution in [0.3, 0.4) is 0 Å². The molecule has 1 heterocycles. The summed E-state index contributed by atoms with van der Waals surface area (Å²) in [6.07, 6.45) is 2.39. The largest absolute Gasteiger partial charge is 0.385 e. The zero-order valence-electron chi connectivity index (χ0n) is 12.1. The molecule has 0 saturated carbocycles. The fourth-order valence-corrected chi connectivity index (χ4v) is 3.21. The van der Waals surface area contributed by atoms with E-state index in [0.717, 1.165) is 25.3 Å². The molecular weight excluding hydrogens is 274 g/mol. The predicted molar refractivity (Wildman–Crippen MR) is 81.4 cm³/mol. The van der Waals surface area contributed by atoms with E-state index in [4.69, 9.17) is 0 Å². The molecule has 0 unspecified atom stereocenters. The number of hydrogen-bond acceptors (Lipinski definition) is 4. The molecule has 0 radical (unpaired) electrons. The predicted octanol–water partition coefficient (Wildman–Crippen LogP) is 1.35. The van der Waals surface area contributed by atoms with Gasteiger partial charge in [0.2, 0.25) is 10.0 Å². The third kappa shape index (κ3) is 3.71. The molecule has 0 bridgehead atoms. The van der Waals surface area contributed by atoms with Crippen LogP contribution in [0.15, 0.2) is 29.2 Å². The van der Waals surface area contributed by atoms with E-state index < -0.39 is 10.0 Å². The number of sulfonamides is 1. The summed E-state index contributed by atoms with van der Waals surface area (Å²) in [5.74, 6) is 0.696. The molecule has 1 aromatic rings. The number of rotatable bonds is 5. The molecule has 1 aliphatic rings. The molecule has 112 valence electrons. The van der Waals surface area contributed by atoms with Crippen LogP contribution >= 0.6 is 0 Å². The Kier molecular flexibility index (Phi) is 5.01. The standard InChI is InChI=1S/C14H23N3O2S/c1-17(2)20(18,19)14-5-3-13(4-6-14)16-11-12-7-9-15-10-8-12/h3-6,12,15-16H,7-11H2,1-2H3. The summed E-state index contributed by atoms with van der Waals surface area (Å²) in [6, 6.07) is 6.97. The Morgan fingerprint density at radius 1 is 1.20 bits per heavy atom. The number of anilines is 1. The molecule has 20 heavy (non-hydrogen) atoms. The number of piperidine rings is 1. The van der Waals surface area contributed by atoms with Gasteiger partial charge in [-0.3, -0.25) is 0 Å². The highest BCUT2D eigenvalue weighted by Gasteiger charge is 2.17. The zero-order valence-corrected chi connectivity index (χ0v) is 12.9. The molecule has 0 aromatic heterocycles. The van der Waals surface area contributed by atoms with Crippen molar-refractivity contribution in [2.45, 2.75) is 17.7 Å². The third-order valence-corrected chi connectivity index (χ3v) is 5.52. The van der Waals surface area contributed by atoms with Gasteiger partial charge in [0, 0.05) is 26.3 Å². The van der Waals surface area contributed by atoms with Crippen molar-refractivity contribution in [3.8, 4) is 0 Å². The summed E-state index contributed by atoms with van der Waals surface area (Å²) in [7, 11) is -0.251. The summed E-state index contributed by atoms with van der Waals surface area (Å²) in [4.78, 5) is 0.329. The Morgan fingerprint density at radius 2 is 1.80 bits per heavy atom. The van der Waals surface area contributed by atoms with E-state index in [1.54, 1.807) is 26.2 Å². The first kappa shape index (κ1) is 15.3. The summed E-state index contributed by atoms with van der Waals surface area (Å²) < 4.78 is 25.1. The lowest BCUT2D eigenvalue weighted by atomic mass is 9.98. The second-order valence-electron chi connectivity index (χ2n) is 5.39. The van der Waals surface area contributed by atoms with Crippen LogP contribution in [0.4, 0.5) is 5.69 Å². The number of nitrogens with one attached hydrogen (secondary N) is 2. The summed E-state index contributed by atoms with van der Waals surface area (Å²) in [6.45, 7) is 3.13. The smallest absolute Gasteiger partial charge is 0.242 e. The lowest BCUT2D eigenvalue weighted by Gasteiger charge is -2.23. The molecule has 0 aliphatic carbocycles. The highest BCUT2D eigenvalue weighted by Crippen LogP contribution is 2.18. The molecule has 1 aliphatic heterocycles. The van der Waals surface area contributed by atoms with E-state index in [9.17, 15) is 8.42 Å². The Bertz CT molecular complexity index is 520. The maximum Gasteiger partial charge on any atom is 0.242 e. The Balaban J connectivity index is 1.94. The van der Waals surface area contributed by atoms with Crippen LogP contribution in [0.2, 0.25) is 0 Å². The molecule has 0 spiro atoms. The van der Waals surface area contributed by atoms with E-state index in [-0.39, 0.29) is 0 Å². The van der Waals surface area contributed by atoms with Crippen LogP contribution in [0, 0.1) is 5.92 Å². The fraction of sp³-hybridized carbons (Fsp3) is 0.571. The van der Waals surface area contributed by atoms with E-state index in [1.807, 2.05) is 12.1 Å². The van der Waals surface area contributed by atoms with Gasteiger partial charge in [0.25, 0.3) is 0 Å². The van der Waals surface area contributed by atoms with Crippen molar-refractivity contribution in [3.63, 3.8) is 0 Å². The minimum absolute atomic E-state index is 0.329. The van der Waals surface area contributed by atoms with E-state index in [2.05, 4.69) is 10.6 Å². The highest BCUT2D eigenvalue weighted by molar-refractivity contribution is 7.89. The van der Waals surface area contributed by atoms with Crippen molar-refractivity contribution in [1.82, 2.24) is 9.62 Å². The van der Waals surface area contributed by atoms with Gasteiger partial charge in [0.15, 0.2) is 0 Å². The van der Waals surface area contributed by atoms with Gasteiger partial charge in [-0.15, -0.1) is 0 Å². The quantitative estimate of drug-likeness (QED) is 0.861. The average molecular weight is 297 g/mol. The van der Waals surface area contributed by atoms with Gasteiger partial charge in [-0.25, -0.2) is 12.7 Å². The van der Waals surface area contributed by atoms with E-state index >= 15 is 0 Å². The first-order valence-electron chi connectivity index (χ1n) is 6.97. The van der Waals surface area contributed by atoms with E-state index in [0.29, 0.717) is 10.8 Å². The van der Waals surface area contributed by atoms with Gasteiger partial charge >= 0.3 is 0 Å². The zero-order chi connectivity index (χ0) is 14.6. The van der Waals surface area contributed by atoms with Gasteiger partial charge < -0.3 is 10.6 Å². The fourth-order valence-electron chi connectivity index (χ4n) is 2.30. The van der Waals surface area contributed by atoms with Crippen molar-refractivity contribution in [3.05, 3.63) is 24.3 Å². The molecule has 0 atom stereocenters. The Morgan fingerprint density at radius 3 is 2.35 bits per heavy atom.